The van der Waals surface area contributed by atoms with Gasteiger partial charge in [-0.3, -0.25) is 9.69 Å². The van der Waals surface area contributed by atoms with E-state index in [2.05, 4.69) is 53.9 Å². The molecule has 1 saturated heterocycles. The summed E-state index contributed by atoms with van der Waals surface area (Å²) in [5.41, 5.74) is 3.30. The average Bonchev–Trinajstić information content (AvgIpc) is 3.61. The molecule has 1 aliphatic heterocycles. The predicted octanol–water partition coefficient (Wildman–Crippen LogP) is 4.59. The summed E-state index contributed by atoms with van der Waals surface area (Å²) in [6, 6.07) is 14.6. The highest BCUT2D eigenvalue weighted by atomic mass is 35.5. The Balaban J connectivity index is 1.63. The minimum absolute atomic E-state index is 0.0207. The largest absolute Gasteiger partial charge is 0.327 e. The fourth-order valence-electron chi connectivity index (χ4n) is 4.57. The molecule has 0 bridgehead atoms. The lowest BCUT2D eigenvalue weighted by atomic mass is 9.96. The van der Waals surface area contributed by atoms with Crippen molar-refractivity contribution in [2.75, 3.05) is 25.5 Å². The van der Waals surface area contributed by atoms with Crippen LogP contribution in [0.1, 0.15) is 30.5 Å². The minimum Gasteiger partial charge on any atom is -0.327 e. The summed E-state index contributed by atoms with van der Waals surface area (Å²) in [6.45, 7) is 3.39. The number of aromatic nitrogens is 4. The summed E-state index contributed by atoms with van der Waals surface area (Å²) in [6.07, 6.45) is 4.40. The quantitative estimate of drug-likeness (QED) is 0.338. The van der Waals surface area contributed by atoms with Crippen LogP contribution in [0.5, 0.6) is 0 Å². The first kappa shape index (κ1) is 23.6. The Morgan fingerprint density at radius 2 is 2.09 bits per heavy atom. The molecular formula is C25H26ClN7OS. The number of thiophene rings is 1. The van der Waals surface area contributed by atoms with Crippen molar-refractivity contribution >= 4 is 34.7 Å². The van der Waals surface area contributed by atoms with Gasteiger partial charge in [-0.2, -0.15) is 0 Å². The number of hydrogen-bond donors (Lipinski definition) is 3. The number of H-pyrrole nitrogens is 1. The van der Waals surface area contributed by atoms with Crippen molar-refractivity contribution in [1.82, 2.24) is 30.4 Å². The van der Waals surface area contributed by atoms with E-state index in [-0.39, 0.29) is 11.9 Å². The molecule has 5 rings (SSSR count). The second-order valence-corrected chi connectivity index (χ2v) is 10.1. The Morgan fingerprint density at radius 3 is 2.77 bits per heavy atom. The fourth-order valence-corrected chi connectivity index (χ4v) is 5.84. The van der Waals surface area contributed by atoms with Crippen molar-refractivity contribution in [3.63, 3.8) is 0 Å². The number of carbonyl (C=O) groups excluding carboxylic acids is 1. The number of benzene rings is 1. The number of rotatable bonds is 7. The third-order valence-corrected chi connectivity index (χ3v) is 7.67. The molecule has 180 valence electrons. The summed E-state index contributed by atoms with van der Waals surface area (Å²) in [5, 5.41) is 15.3. The molecule has 1 amide bonds. The third kappa shape index (κ3) is 5.13. The lowest BCUT2D eigenvalue weighted by molar-refractivity contribution is -0.114. The highest BCUT2D eigenvalue weighted by molar-refractivity contribution is 7.19. The van der Waals surface area contributed by atoms with Crippen LogP contribution in [0.15, 0.2) is 55.0 Å². The maximum Gasteiger partial charge on any atom is 0.222 e. The van der Waals surface area contributed by atoms with E-state index >= 15 is 0 Å². The van der Waals surface area contributed by atoms with Crippen LogP contribution in [0.25, 0.3) is 21.1 Å². The fraction of sp³-hybridized carbons (Fsp3) is 0.280. The zero-order valence-electron chi connectivity index (χ0n) is 19.5. The van der Waals surface area contributed by atoms with E-state index in [9.17, 15) is 4.79 Å². The molecule has 0 spiro atoms. The molecule has 35 heavy (non-hydrogen) atoms. The van der Waals surface area contributed by atoms with Crippen molar-refractivity contribution in [1.29, 1.82) is 0 Å². The molecular weight excluding hydrogens is 482 g/mol. The van der Waals surface area contributed by atoms with Crippen LogP contribution in [-0.4, -0.2) is 57.2 Å². The summed E-state index contributed by atoms with van der Waals surface area (Å²) < 4.78 is 0. The number of amides is 1. The van der Waals surface area contributed by atoms with Crippen LogP contribution >= 0.6 is 22.9 Å². The monoisotopic (exact) mass is 507 g/mol. The average molecular weight is 508 g/mol. The van der Waals surface area contributed by atoms with Gasteiger partial charge in [0.2, 0.25) is 5.91 Å². The third-order valence-electron chi connectivity index (χ3n) is 6.21. The van der Waals surface area contributed by atoms with E-state index in [1.165, 1.54) is 12.5 Å². The summed E-state index contributed by atoms with van der Waals surface area (Å²) in [4.78, 5) is 23.6. The Labute approximate surface area is 212 Å². The number of carbonyl (C=O) groups is 1. The highest BCUT2D eigenvalue weighted by Gasteiger charge is 2.33. The molecule has 4 aromatic rings. The Bertz CT molecular complexity index is 1310. The number of likely N-dealkylation sites (tertiary alicyclic amines) is 1. The standard InChI is InChI=1S/C25H26ClN7OS/c1-15(34)31-22-11-17(7-9-28-22)21-12-20(24(35-21)25-29-14-30-32-25)23(16-3-5-18(26)6-4-16)33-10-8-19(13-33)27-2/h3-7,9,11-12,14,19,23,27H,8,10,13H2,1-2H3,(H,28,31,34)(H,29,30,32)/t19-,23?/m1/s1. The number of nitrogens with zero attached hydrogens (tertiary/aromatic N) is 4. The number of aromatic amines is 1. The second-order valence-electron chi connectivity index (χ2n) is 8.57. The van der Waals surface area contributed by atoms with E-state index in [0.29, 0.717) is 16.9 Å². The number of pyridine rings is 1. The maximum absolute atomic E-state index is 11.6. The predicted molar refractivity (Wildman–Crippen MR) is 140 cm³/mol. The maximum atomic E-state index is 11.6. The van der Waals surface area contributed by atoms with Crippen LogP contribution < -0.4 is 10.6 Å². The lowest BCUT2D eigenvalue weighted by Gasteiger charge is -2.29. The van der Waals surface area contributed by atoms with E-state index in [1.807, 2.05) is 31.3 Å². The summed E-state index contributed by atoms with van der Waals surface area (Å²) in [5.74, 6) is 1.10. The van der Waals surface area contributed by atoms with Gasteiger partial charge in [0.05, 0.1) is 10.9 Å². The van der Waals surface area contributed by atoms with Gasteiger partial charge in [0.25, 0.3) is 0 Å². The summed E-state index contributed by atoms with van der Waals surface area (Å²) in [7, 11) is 2.02. The minimum atomic E-state index is -0.153. The van der Waals surface area contributed by atoms with Crippen molar-refractivity contribution in [3.05, 3.63) is 71.1 Å². The number of halogens is 1. The summed E-state index contributed by atoms with van der Waals surface area (Å²) >= 11 is 7.88. The van der Waals surface area contributed by atoms with Gasteiger partial charge in [-0.05, 0) is 60.5 Å². The molecule has 10 heteroatoms. The first-order valence-electron chi connectivity index (χ1n) is 11.4. The van der Waals surface area contributed by atoms with Gasteiger partial charge in [0.1, 0.15) is 12.1 Å². The first-order valence-corrected chi connectivity index (χ1v) is 12.6. The van der Waals surface area contributed by atoms with Gasteiger partial charge < -0.3 is 15.6 Å². The van der Waals surface area contributed by atoms with Crippen molar-refractivity contribution in [3.8, 4) is 21.1 Å². The van der Waals surface area contributed by atoms with Gasteiger partial charge >= 0.3 is 0 Å². The zero-order valence-corrected chi connectivity index (χ0v) is 21.0. The zero-order chi connectivity index (χ0) is 24.4. The van der Waals surface area contributed by atoms with Gasteiger partial charge in [-0.25, -0.2) is 4.98 Å². The topological polar surface area (TPSA) is 98.8 Å². The molecule has 3 N–H and O–H groups in total. The molecule has 1 fully saturated rings. The van der Waals surface area contributed by atoms with Gasteiger partial charge in [0, 0.05) is 42.2 Å². The molecule has 3 aromatic heterocycles. The molecule has 4 heterocycles. The molecule has 2 atom stereocenters. The van der Waals surface area contributed by atoms with Crippen molar-refractivity contribution in [2.45, 2.75) is 25.4 Å². The van der Waals surface area contributed by atoms with Crippen LogP contribution in [0, 0.1) is 0 Å². The lowest BCUT2D eigenvalue weighted by Crippen LogP contribution is -2.32. The Morgan fingerprint density at radius 1 is 1.26 bits per heavy atom. The number of likely N-dealkylation sites (N-methyl/N-ethyl adjacent to an activating group) is 1. The van der Waals surface area contributed by atoms with Gasteiger partial charge in [-0.1, -0.05) is 23.7 Å². The molecule has 1 unspecified atom stereocenters. The van der Waals surface area contributed by atoms with Crippen LogP contribution in [0.3, 0.4) is 0 Å². The molecule has 0 aliphatic carbocycles. The Hall–Kier alpha value is -3.11. The molecule has 1 aromatic carbocycles. The molecule has 0 radical (unpaired) electrons. The molecule has 1 aliphatic rings. The van der Waals surface area contributed by atoms with E-state index in [4.69, 9.17) is 11.6 Å². The smallest absolute Gasteiger partial charge is 0.222 e. The number of anilines is 1. The van der Waals surface area contributed by atoms with E-state index in [1.54, 1.807) is 23.9 Å². The second kappa shape index (κ2) is 10.2. The van der Waals surface area contributed by atoms with Gasteiger partial charge in [0.15, 0.2) is 5.82 Å². The molecule has 8 nitrogen and oxygen atoms in total. The van der Waals surface area contributed by atoms with Crippen LogP contribution in [0.4, 0.5) is 5.82 Å². The van der Waals surface area contributed by atoms with Crippen molar-refractivity contribution in [2.24, 2.45) is 0 Å². The van der Waals surface area contributed by atoms with Crippen LogP contribution in [-0.2, 0) is 4.79 Å². The van der Waals surface area contributed by atoms with Crippen LogP contribution in [0.2, 0.25) is 5.02 Å². The van der Waals surface area contributed by atoms with E-state index < -0.39 is 0 Å². The first-order chi connectivity index (χ1) is 17.0. The SMILES string of the molecule is CN[C@@H]1CCN(C(c2ccc(Cl)cc2)c2cc(-c3ccnc(NC(C)=O)c3)sc2-c2nnc[nH]2)C1. The number of hydrogen-bond acceptors (Lipinski definition) is 7. The van der Waals surface area contributed by atoms with Gasteiger partial charge in [-0.15, -0.1) is 21.5 Å². The highest BCUT2D eigenvalue weighted by Crippen LogP contribution is 2.44. The van der Waals surface area contributed by atoms with E-state index in [0.717, 1.165) is 46.2 Å². The number of nitrogens with one attached hydrogen (secondary N) is 3. The molecule has 0 saturated carbocycles. The van der Waals surface area contributed by atoms with Crippen molar-refractivity contribution < 1.29 is 4.79 Å². The Kier molecular flexibility index (Phi) is 6.92. The normalized spacial score (nSPS) is 16.9.